The predicted octanol–water partition coefficient (Wildman–Crippen LogP) is 2.32. The molecule has 2 heterocycles. The molecule has 1 aromatic heterocycles. The number of hydrogen-bond donors (Lipinski definition) is 1. The molecule has 1 amide bonds. The van der Waals surface area contributed by atoms with Crippen LogP contribution in [0.4, 0.5) is 0 Å². The van der Waals surface area contributed by atoms with Crippen LogP contribution in [-0.4, -0.2) is 17.5 Å². The molecular weight excluding hydrogens is 272 g/mol. The molecule has 104 valence electrons. The maximum Gasteiger partial charge on any atom is 0.227 e. The van der Waals surface area contributed by atoms with Crippen molar-refractivity contribution in [1.82, 2.24) is 10.3 Å². The highest BCUT2D eigenvalue weighted by molar-refractivity contribution is 7.09. The zero-order valence-electron chi connectivity index (χ0n) is 11.3. The Morgan fingerprint density at radius 3 is 3.15 bits per heavy atom. The van der Waals surface area contributed by atoms with Crippen LogP contribution >= 0.6 is 11.3 Å². The second-order valence-electron chi connectivity index (χ2n) is 4.92. The first-order valence-corrected chi connectivity index (χ1v) is 7.50. The molecule has 1 aromatic carbocycles. The van der Waals surface area contributed by atoms with Gasteiger partial charge in [-0.2, -0.15) is 0 Å². The second kappa shape index (κ2) is 5.63. The van der Waals surface area contributed by atoms with Crippen molar-refractivity contribution < 1.29 is 9.53 Å². The fourth-order valence-electron chi connectivity index (χ4n) is 2.29. The van der Waals surface area contributed by atoms with Gasteiger partial charge < -0.3 is 10.1 Å². The first-order valence-electron chi connectivity index (χ1n) is 6.62. The summed E-state index contributed by atoms with van der Waals surface area (Å²) in [6, 6.07) is 7.88. The summed E-state index contributed by atoms with van der Waals surface area (Å²) in [7, 11) is 0. The highest BCUT2D eigenvalue weighted by Crippen LogP contribution is 2.26. The summed E-state index contributed by atoms with van der Waals surface area (Å²) in [5.74, 6) is 0.811. The normalized spacial score (nSPS) is 17.1. The number of carbonyl (C=O) groups excluding carboxylic acids is 1. The molecule has 0 saturated heterocycles. The van der Waals surface area contributed by atoms with Gasteiger partial charge in [0.15, 0.2) is 0 Å². The van der Waals surface area contributed by atoms with E-state index in [1.54, 1.807) is 11.3 Å². The van der Waals surface area contributed by atoms with E-state index in [1.165, 1.54) is 0 Å². The Morgan fingerprint density at radius 2 is 2.35 bits per heavy atom. The van der Waals surface area contributed by atoms with Gasteiger partial charge in [0.05, 0.1) is 12.5 Å². The topological polar surface area (TPSA) is 51.2 Å². The van der Waals surface area contributed by atoms with Crippen molar-refractivity contribution in [1.29, 1.82) is 0 Å². The zero-order valence-corrected chi connectivity index (χ0v) is 12.1. The van der Waals surface area contributed by atoms with E-state index in [0.29, 0.717) is 13.2 Å². The summed E-state index contributed by atoms with van der Waals surface area (Å²) < 4.78 is 5.64. The van der Waals surface area contributed by atoms with Crippen molar-refractivity contribution in [2.45, 2.75) is 19.9 Å². The van der Waals surface area contributed by atoms with E-state index >= 15 is 0 Å². The molecule has 1 N–H and O–H groups in total. The number of thiazole rings is 1. The predicted molar refractivity (Wildman–Crippen MR) is 77.8 cm³/mol. The van der Waals surface area contributed by atoms with E-state index in [9.17, 15) is 4.79 Å². The van der Waals surface area contributed by atoms with Crippen molar-refractivity contribution in [2.75, 3.05) is 6.61 Å². The van der Waals surface area contributed by atoms with Gasteiger partial charge in [-0.1, -0.05) is 18.2 Å². The van der Waals surface area contributed by atoms with Gasteiger partial charge in [0.2, 0.25) is 5.91 Å². The number of carbonyl (C=O) groups is 1. The molecule has 2 aromatic rings. The number of amides is 1. The Bertz CT molecular complexity index is 624. The van der Waals surface area contributed by atoms with Crippen LogP contribution < -0.4 is 10.1 Å². The van der Waals surface area contributed by atoms with Crippen LogP contribution in [0.1, 0.15) is 16.3 Å². The molecule has 1 unspecified atom stereocenters. The lowest BCUT2D eigenvalue weighted by atomic mass is 9.96. The molecule has 5 heteroatoms. The number of benzene rings is 1. The highest BCUT2D eigenvalue weighted by Gasteiger charge is 2.25. The van der Waals surface area contributed by atoms with Gasteiger partial charge in [-0.15, -0.1) is 11.3 Å². The van der Waals surface area contributed by atoms with E-state index in [4.69, 9.17) is 4.74 Å². The lowest BCUT2D eigenvalue weighted by molar-refractivity contribution is -0.126. The van der Waals surface area contributed by atoms with Crippen LogP contribution in [0.2, 0.25) is 0 Å². The SMILES string of the molecule is Cc1csc(CNC(=O)C2COc3ccccc3C2)n1. The number of hydrogen-bond acceptors (Lipinski definition) is 4. The maximum absolute atomic E-state index is 12.2. The molecule has 0 aliphatic carbocycles. The van der Waals surface area contributed by atoms with Crippen LogP contribution in [0.25, 0.3) is 0 Å². The fraction of sp³-hybridized carbons (Fsp3) is 0.333. The third kappa shape index (κ3) is 2.82. The fourth-order valence-corrected chi connectivity index (χ4v) is 3.00. The molecule has 0 fully saturated rings. The molecule has 1 aliphatic rings. The lowest BCUT2D eigenvalue weighted by Gasteiger charge is -2.24. The molecular formula is C15H16N2O2S. The standard InChI is InChI=1S/C15H16N2O2S/c1-10-9-20-14(17-10)7-16-15(18)12-6-11-4-2-3-5-13(11)19-8-12/h2-5,9,12H,6-8H2,1H3,(H,16,18). The van der Waals surface area contributed by atoms with E-state index in [-0.39, 0.29) is 11.8 Å². The van der Waals surface area contributed by atoms with Crippen molar-refractivity contribution in [3.8, 4) is 5.75 Å². The third-order valence-electron chi connectivity index (χ3n) is 3.33. The number of para-hydroxylation sites is 1. The van der Waals surface area contributed by atoms with Gasteiger partial charge in [-0.05, 0) is 25.0 Å². The highest BCUT2D eigenvalue weighted by atomic mass is 32.1. The molecule has 0 radical (unpaired) electrons. The Balaban J connectivity index is 1.59. The van der Waals surface area contributed by atoms with Crippen molar-refractivity contribution >= 4 is 17.2 Å². The van der Waals surface area contributed by atoms with Crippen LogP contribution in [0.3, 0.4) is 0 Å². The van der Waals surface area contributed by atoms with Crippen LogP contribution in [-0.2, 0) is 17.8 Å². The quantitative estimate of drug-likeness (QED) is 0.943. The van der Waals surface area contributed by atoms with Gasteiger partial charge in [0.25, 0.3) is 0 Å². The first-order chi connectivity index (χ1) is 9.72. The molecule has 0 bridgehead atoms. The summed E-state index contributed by atoms with van der Waals surface area (Å²) >= 11 is 1.57. The van der Waals surface area contributed by atoms with Crippen molar-refractivity contribution in [2.24, 2.45) is 5.92 Å². The number of nitrogens with one attached hydrogen (secondary N) is 1. The van der Waals surface area contributed by atoms with E-state index in [2.05, 4.69) is 10.3 Å². The van der Waals surface area contributed by atoms with Crippen LogP contribution in [0.5, 0.6) is 5.75 Å². The van der Waals surface area contributed by atoms with Gasteiger partial charge in [0.1, 0.15) is 17.4 Å². The summed E-state index contributed by atoms with van der Waals surface area (Å²) in [5.41, 5.74) is 2.10. The van der Waals surface area contributed by atoms with Crippen LogP contribution in [0.15, 0.2) is 29.6 Å². The summed E-state index contributed by atoms with van der Waals surface area (Å²) in [6.45, 7) is 2.89. The number of rotatable bonds is 3. The first kappa shape index (κ1) is 13.1. The van der Waals surface area contributed by atoms with E-state index in [1.807, 2.05) is 36.6 Å². The Hall–Kier alpha value is -1.88. The Labute approximate surface area is 121 Å². The van der Waals surface area contributed by atoms with Gasteiger partial charge in [-0.3, -0.25) is 4.79 Å². The molecule has 20 heavy (non-hydrogen) atoms. The molecule has 4 nitrogen and oxygen atoms in total. The number of nitrogens with zero attached hydrogens (tertiary/aromatic N) is 1. The molecule has 3 rings (SSSR count). The molecule has 0 spiro atoms. The average Bonchev–Trinajstić information content (AvgIpc) is 2.90. The van der Waals surface area contributed by atoms with Crippen molar-refractivity contribution in [3.63, 3.8) is 0 Å². The third-order valence-corrected chi connectivity index (χ3v) is 4.30. The monoisotopic (exact) mass is 288 g/mol. The maximum atomic E-state index is 12.2. The lowest BCUT2D eigenvalue weighted by Crippen LogP contribution is -2.37. The summed E-state index contributed by atoms with van der Waals surface area (Å²) in [4.78, 5) is 16.5. The van der Waals surface area contributed by atoms with Crippen molar-refractivity contribution in [3.05, 3.63) is 45.9 Å². The minimum Gasteiger partial charge on any atom is -0.492 e. The average molecular weight is 288 g/mol. The number of aromatic nitrogens is 1. The van der Waals surface area contributed by atoms with Gasteiger partial charge in [0, 0.05) is 11.1 Å². The van der Waals surface area contributed by atoms with Gasteiger partial charge >= 0.3 is 0 Å². The van der Waals surface area contributed by atoms with Crippen LogP contribution in [0, 0.1) is 12.8 Å². The minimum absolute atomic E-state index is 0.0346. The van der Waals surface area contributed by atoms with Gasteiger partial charge in [-0.25, -0.2) is 4.98 Å². The Morgan fingerprint density at radius 1 is 1.50 bits per heavy atom. The smallest absolute Gasteiger partial charge is 0.227 e. The van der Waals surface area contributed by atoms with E-state index < -0.39 is 0 Å². The number of aryl methyl sites for hydroxylation is 1. The number of ether oxygens (including phenoxy) is 1. The number of fused-ring (bicyclic) bond motifs is 1. The summed E-state index contributed by atoms with van der Waals surface area (Å²) in [5, 5.41) is 5.87. The largest absolute Gasteiger partial charge is 0.492 e. The molecule has 1 aliphatic heterocycles. The Kier molecular flexibility index (Phi) is 3.69. The molecule has 1 atom stereocenters. The second-order valence-corrected chi connectivity index (χ2v) is 5.86. The zero-order chi connectivity index (χ0) is 13.9. The summed E-state index contributed by atoms with van der Waals surface area (Å²) in [6.07, 6.45) is 0.735. The minimum atomic E-state index is -0.119. The molecule has 0 saturated carbocycles. The van der Waals surface area contributed by atoms with E-state index in [0.717, 1.165) is 28.4 Å².